The predicted molar refractivity (Wildman–Crippen MR) is 147 cm³/mol. The zero-order valence-corrected chi connectivity index (χ0v) is 22.8. The zero-order chi connectivity index (χ0) is 27.2. The third-order valence-corrected chi connectivity index (χ3v) is 7.05. The van der Waals surface area contributed by atoms with Gasteiger partial charge < -0.3 is 14.2 Å². The molecule has 0 spiro atoms. The Kier molecular flexibility index (Phi) is 8.97. The first kappa shape index (κ1) is 27.5. The van der Waals surface area contributed by atoms with Crippen LogP contribution < -0.4 is 14.2 Å². The van der Waals surface area contributed by atoms with E-state index in [4.69, 9.17) is 25.8 Å². The number of rotatable bonds is 10. The molecular formula is C29H27ClFNO5S. The summed E-state index contributed by atoms with van der Waals surface area (Å²) in [5.74, 6) is 0.727. The van der Waals surface area contributed by atoms with Crippen LogP contribution in [0.25, 0.3) is 6.08 Å². The Morgan fingerprint density at radius 1 is 0.974 bits per heavy atom. The quantitative estimate of drug-likeness (QED) is 0.247. The molecule has 0 atom stereocenters. The number of hydrogen-bond donors (Lipinski definition) is 0. The van der Waals surface area contributed by atoms with Gasteiger partial charge in [0.2, 0.25) is 0 Å². The number of nitrogens with zero attached hydrogens (tertiary/aromatic N) is 1. The average molecular weight is 556 g/mol. The summed E-state index contributed by atoms with van der Waals surface area (Å²) in [6, 6.07) is 15.5. The summed E-state index contributed by atoms with van der Waals surface area (Å²) in [4.78, 5) is 27.0. The maximum absolute atomic E-state index is 14.1. The predicted octanol–water partition coefficient (Wildman–Crippen LogP) is 7.19. The zero-order valence-electron chi connectivity index (χ0n) is 21.3. The van der Waals surface area contributed by atoms with Crippen molar-refractivity contribution in [2.24, 2.45) is 0 Å². The molecule has 0 radical (unpaired) electrons. The molecule has 0 N–H and O–H groups in total. The van der Waals surface area contributed by atoms with E-state index < -0.39 is 5.82 Å². The molecule has 2 amide bonds. The van der Waals surface area contributed by atoms with Crippen molar-refractivity contribution in [3.63, 3.8) is 0 Å². The lowest BCUT2D eigenvalue weighted by Gasteiger charge is -2.15. The minimum Gasteiger partial charge on any atom is -0.491 e. The van der Waals surface area contributed by atoms with Crippen molar-refractivity contribution >= 4 is 40.6 Å². The van der Waals surface area contributed by atoms with Gasteiger partial charge in [-0.25, -0.2) is 4.39 Å². The molecule has 1 aliphatic heterocycles. The number of hydrogen-bond acceptors (Lipinski definition) is 6. The van der Waals surface area contributed by atoms with Crippen LogP contribution in [-0.4, -0.2) is 35.8 Å². The number of halogens is 2. The number of ether oxygens (including phenoxy) is 3. The molecule has 9 heteroatoms. The normalized spacial score (nSPS) is 14.3. The third kappa shape index (κ3) is 6.49. The highest BCUT2D eigenvalue weighted by Gasteiger charge is 2.34. The smallest absolute Gasteiger partial charge is 0.293 e. The number of aryl methyl sites for hydroxylation is 2. The fourth-order valence-electron chi connectivity index (χ4n) is 3.78. The second kappa shape index (κ2) is 12.4. The summed E-state index contributed by atoms with van der Waals surface area (Å²) in [5.41, 5.74) is 2.95. The van der Waals surface area contributed by atoms with Crippen LogP contribution in [0.5, 0.6) is 17.2 Å². The van der Waals surface area contributed by atoms with Gasteiger partial charge in [0, 0.05) is 5.56 Å². The Hall–Kier alpha value is -3.49. The highest BCUT2D eigenvalue weighted by Crippen LogP contribution is 2.35. The van der Waals surface area contributed by atoms with E-state index >= 15 is 0 Å². The van der Waals surface area contributed by atoms with Gasteiger partial charge in [-0.05, 0) is 85.6 Å². The monoisotopic (exact) mass is 555 g/mol. The highest BCUT2D eigenvalue weighted by molar-refractivity contribution is 8.18. The van der Waals surface area contributed by atoms with Gasteiger partial charge in [-0.1, -0.05) is 35.9 Å². The second-order valence-corrected chi connectivity index (χ2v) is 9.98. The maximum Gasteiger partial charge on any atom is 0.293 e. The van der Waals surface area contributed by atoms with E-state index in [1.165, 1.54) is 17.0 Å². The number of imide groups is 1. The molecule has 4 rings (SSSR count). The Balaban J connectivity index is 1.44. The molecule has 0 bridgehead atoms. The van der Waals surface area contributed by atoms with Gasteiger partial charge in [0.15, 0.2) is 11.5 Å². The van der Waals surface area contributed by atoms with Crippen LogP contribution >= 0.6 is 23.4 Å². The van der Waals surface area contributed by atoms with Gasteiger partial charge in [0.1, 0.15) is 24.8 Å². The Bertz CT molecular complexity index is 1370. The number of amides is 2. The molecule has 3 aromatic carbocycles. The summed E-state index contributed by atoms with van der Waals surface area (Å²) in [6.45, 7) is 6.38. The summed E-state index contributed by atoms with van der Waals surface area (Å²) in [6.07, 6.45) is 1.64. The van der Waals surface area contributed by atoms with Crippen molar-refractivity contribution in [1.29, 1.82) is 0 Å². The maximum atomic E-state index is 14.1. The van der Waals surface area contributed by atoms with E-state index in [1.807, 2.05) is 39.0 Å². The van der Waals surface area contributed by atoms with E-state index in [2.05, 4.69) is 0 Å². The van der Waals surface area contributed by atoms with Crippen LogP contribution in [0.1, 0.15) is 29.2 Å². The molecule has 198 valence electrons. The topological polar surface area (TPSA) is 65.1 Å². The molecule has 3 aromatic rings. The largest absolute Gasteiger partial charge is 0.491 e. The van der Waals surface area contributed by atoms with Gasteiger partial charge in [-0.2, -0.15) is 0 Å². The number of benzene rings is 3. The van der Waals surface area contributed by atoms with Crippen LogP contribution in [0.3, 0.4) is 0 Å². The van der Waals surface area contributed by atoms with E-state index in [1.54, 1.807) is 30.3 Å². The number of thioether (sulfide) groups is 1. The fourth-order valence-corrected chi connectivity index (χ4v) is 4.86. The molecule has 0 aliphatic carbocycles. The molecule has 1 fully saturated rings. The Morgan fingerprint density at radius 3 is 2.55 bits per heavy atom. The van der Waals surface area contributed by atoms with Gasteiger partial charge >= 0.3 is 0 Å². The van der Waals surface area contributed by atoms with Gasteiger partial charge in [-0.15, -0.1) is 0 Å². The minimum absolute atomic E-state index is 0.0754. The van der Waals surface area contributed by atoms with Crippen LogP contribution in [0, 0.1) is 19.7 Å². The minimum atomic E-state index is -0.456. The fraction of sp³-hybridized carbons (Fsp3) is 0.241. The third-order valence-electron chi connectivity index (χ3n) is 5.79. The summed E-state index contributed by atoms with van der Waals surface area (Å²) < 4.78 is 31.4. The lowest BCUT2D eigenvalue weighted by atomic mass is 10.1. The first-order chi connectivity index (χ1) is 18.3. The van der Waals surface area contributed by atoms with Crippen molar-refractivity contribution in [2.45, 2.75) is 27.4 Å². The van der Waals surface area contributed by atoms with E-state index in [9.17, 15) is 14.0 Å². The number of carbonyl (C=O) groups excluding carboxylic acids is 2. The Morgan fingerprint density at radius 2 is 1.79 bits per heavy atom. The molecule has 1 saturated heterocycles. The summed E-state index contributed by atoms with van der Waals surface area (Å²) in [5, 5.41) is -0.0766. The van der Waals surface area contributed by atoms with Gasteiger partial charge in [-0.3, -0.25) is 14.5 Å². The van der Waals surface area contributed by atoms with E-state index in [-0.39, 0.29) is 41.5 Å². The summed E-state index contributed by atoms with van der Waals surface area (Å²) in [7, 11) is 0. The molecule has 1 aliphatic rings. The van der Waals surface area contributed by atoms with Crippen LogP contribution in [0.4, 0.5) is 9.18 Å². The lowest BCUT2D eigenvalue weighted by Crippen LogP contribution is -2.32. The van der Waals surface area contributed by atoms with Crippen molar-refractivity contribution < 1.29 is 28.2 Å². The molecular weight excluding hydrogens is 529 g/mol. The SMILES string of the molecule is CCOc1cc(/C=C2\SC(=O)N(CCOc3cc(C)ccc3C)C2=O)ccc1OCc1c(F)cccc1Cl. The first-order valence-electron chi connectivity index (χ1n) is 12.0. The van der Waals surface area contributed by atoms with Crippen LogP contribution in [0.2, 0.25) is 5.02 Å². The molecule has 0 unspecified atom stereocenters. The molecule has 38 heavy (non-hydrogen) atoms. The number of carbonyl (C=O) groups is 2. The average Bonchev–Trinajstić information content (AvgIpc) is 3.14. The Labute approximate surface area is 230 Å². The van der Waals surface area contributed by atoms with Crippen molar-refractivity contribution in [3.8, 4) is 17.2 Å². The highest BCUT2D eigenvalue weighted by atomic mass is 35.5. The summed E-state index contributed by atoms with van der Waals surface area (Å²) >= 11 is 6.97. The molecule has 1 heterocycles. The van der Waals surface area contributed by atoms with Gasteiger partial charge in [0.05, 0.1) is 23.1 Å². The van der Waals surface area contributed by atoms with Crippen molar-refractivity contribution in [3.05, 3.63) is 92.6 Å². The van der Waals surface area contributed by atoms with E-state index in [0.29, 0.717) is 28.6 Å². The molecule has 0 saturated carbocycles. The van der Waals surface area contributed by atoms with E-state index in [0.717, 1.165) is 28.6 Å². The van der Waals surface area contributed by atoms with Crippen molar-refractivity contribution in [1.82, 2.24) is 4.90 Å². The second-order valence-electron chi connectivity index (χ2n) is 8.58. The molecule has 6 nitrogen and oxygen atoms in total. The van der Waals surface area contributed by atoms with Crippen molar-refractivity contribution in [2.75, 3.05) is 19.8 Å². The standard InChI is InChI=1S/C29H27ClFNO5S/c1-4-35-26-15-20(10-11-24(26)37-17-21-22(30)6-5-7-23(21)31)16-27-28(33)32(29(34)38-27)12-13-36-25-14-18(2)8-9-19(25)3/h5-11,14-16H,4,12-13,17H2,1-3H3/b27-16-. The lowest BCUT2D eigenvalue weighted by molar-refractivity contribution is -0.123. The van der Waals surface area contributed by atoms with Crippen LogP contribution in [-0.2, 0) is 11.4 Å². The van der Waals surface area contributed by atoms with Gasteiger partial charge in [0.25, 0.3) is 11.1 Å². The molecule has 0 aromatic heterocycles. The van der Waals surface area contributed by atoms with Crippen LogP contribution in [0.15, 0.2) is 59.5 Å². The first-order valence-corrected chi connectivity index (χ1v) is 13.2.